The van der Waals surface area contributed by atoms with Gasteiger partial charge in [-0.3, -0.25) is 9.56 Å². The molecule has 0 amide bonds. The second-order valence-corrected chi connectivity index (χ2v) is 6.36. The molecule has 0 bridgehead atoms. The van der Waals surface area contributed by atoms with Gasteiger partial charge in [0.05, 0.1) is 13.7 Å². The fourth-order valence-electron chi connectivity index (χ4n) is 2.91. The Morgan fingerprint density at radius 1 is 1.14 bits per heavy atom. The first-order valence-electron chi connectivity index (χ1n) is 9.23. The smallest absolute Gasteiger partial charge is 0.191 e. The summed E-state index contributed by atoms with van der Waals surface area (Å²) in [7, 11) is 3.45. The van der Waals surface area contributed by atoms with Gasteiger partial charge in [-0.25, -0.2) is 0 Å². The number of guanidine groups is 1. The van der Waals surface area contributed by atoms with E-state index in [0.29, 0.717) is 6.54 Å². The van der Waals surface area contributed by atoms with Crippen molar-refractivity contribution >= 4 is 5.96 Å². The summed E-state index contributed by atoms with van der Waals surface area (Å²) in [5, 5.41) is 14.9. The number of nitrogens with one attached hydrogen (secondary N) is 2. The van der Waals surface area contributed by atoms with Gasteiger partial charge in [0.1, 0.15) is 12.1 Å². The summed E-state index contributed by atoms with van der Waals surface area (Å²) in [6, 6.07) is 16.3. The Balaban J connectivity index is 1.53. The molecule has 0 saturated carbocycles. The molecule has 7 nitrogen and oxygen atoms in total. The van der Waals surface area contributed by atoms with Crippen LogP contribution in [-0.2, 0) is 13.0 Å². The molecule has 0 saturated heterocycles. The minimum Gasteiger partial charge on any atom is -0.496 e. The van der Waals surface area contributed by atoms with Crippen molar-refractivity contribution in [2.45, 2.75) is 19.9 Å². The SMILES string of the molecule is CN=C(NCCc1ccc(C)c(OC)c1)NCc1nncn1-c1ccccc1. The van der Waals surface area contributed by atoms with Crippen LogP contribution in [0.3, 0.4) is 0 Å². The Hall–Kier alpha value is -3.35. The number of benzene rings is 2. The molecule has 2 N–H and O–H groups in total. The lowest BCUT2D eigenvalue weighted by Gasteiger charge is -2.13. The molecule has 2 aromatic carbocycles. The monoisotopic (exact) mass is 378 g/mol. The molecule has 146 valence electrons. The standard InChI is InChI=1S/C21H26N6O/c1-16-9-10-17(13-19(16)28-3)11-12-23-21(22-2)24-14-20-26-25-15-27(20)18-7-5-4-6-8-18/h4-10,13,15H,11-12,14H2,1-3H3,(H2,22,23,24). The predicted octanol–water partition coefficient (Wildman–Crippen LogP) is 2.49. The highest BCUT2D eigenvalue weighted by molar-refractivity contribution is 5.79. The van der Waals surface area contributed by atoms with E-state index in [1.54, 1.807) is 20.5 Å². The number of aliphatic imine (C=N–C) groups is 1. The Morgan fingerprint density at radius 3 is 2.71 bits per heavy atom. The van der Waals surface area contributed by atoms with E-state index >= 15 is 0 Å². The van der Waals surface area contributed by atoms with Gasteiger partial charge in [0.25, 0.3) is 0 Å². The van der Waals surface area contributed by atoms with Gasteiger partial charge in [0, 0.05) is 19.3 Å². The zero-order valence-corrected chi connectivity index (χ0v) is 16.5. The van der Waals surface area contributed by atoms with Gasteiger partial charge in [0.2, 0.25) is 0 Å². The number of ether oxygens (including phenoxy) is 1. The average molecular weight is 378 g/mol. The predicted molar refractivity (Wildman–Crippen MR) is 111 cm³/mol. The third kappa shape index (κ3) is 4.88. The molecule has 1 heterocycles. The lowest BCUT2D eigenvalue weighted by Crippen LogP contribution is -2.38. The van der Waals surface area contributed by atoms with Crippen LogP contribution in [0.15, 0.2) is 59.9 Å². The minimum atomic E-state index is 0.521. The van der Waals surface area contributed by atoms with E-state index in [-0.39, 0.29) is 0 Å². The summed E-state index contributed by atoms with van der Waals surface area (Å²) in [5.74, 6) is 2.46. The van der Waals surface area contributed by atoms with Gasteiger partial charge in [0.15, 0.2) is 11.8 Å². The number of nitrogens with zero attached hydrogens (tertiary/aromatic N) is 4. The van der Waals surface area contributed by atoms with E-state index in [1.807, 2.05) is 41.8 Å². The van der Waals surface area contributed by atoms with Crippen LogP contribution < -0.4 is 15.4 Å². The fraction of sp³-hybridized carbons (Fsp3) is 0.286. The van der Waals surface area contributed by atoms with Crippen molar-refractivity contribution in [3.05, 3.63) is 71.8 Å². The van der Waals surface area contributed by atoms with E-state index in [0.717, 1.165) is 41.7 Å². The maximum atomic E-state index is 5.39. The average Bonchev–Trinajstić information content (AvgIpc) is 3.21. The number of hydrogen-bond acceptors (Lipinski definition) is 4. The first kappa shape index (κ1) is 19.4. The summed E-state index contributed by atoms with van der Waals surface area (Å²) in [6.45, 7) is 3.32. The Labute approximate surface area is 165 Å². The zero-order chi connectivity index (χ0) is 19.8. The Kier molecular flexibility index (Phi) is 6.62. The third-order valence-corrected chi connectivity index (χ3v) is 4.47. The molecule has 28 heavy (non-hydrogen) atoms. The molecule has 0 aliphatic carbocycles. The topological polar surface area (TPSA) is 76.4 Å². The van der Waals surface area contributed by atoms with Crippen LogP contribution in [0.5, 0.6) is 5.75 Å². The number of aryl methyl sites for hydroxylation is 1. The molecule has 0 atom stereocenters. The second-order valence-electron chi connectivity index (χ2n) is 6.36. The maximum absolute atomic E-state index is 5.39. The number of para-hydroxylation sites is 1. The first-order valence-corrected chi connectivity index (χ1v) is 9.23. The molecule has 1 aromatic heterocycles. The summed E-state index contributed by atoms with van der Waals surface area (Å²) in [6.07, 6.45) is 2.59. The summed E-state index contributed by atoms with van der Waals surface area (Å²) in [5.41, 5.74) is 3.38. The lowest BCUT2D eigenvalue weighted by molar-refractivity contribution is 0.411. The molecule has 0 aliphatic rings. The molecular formula is C21H26N6O. The van der Waals surface area contributed by atoms with Crippen LogP contribution in [0.1, 0.15) is 17.0 Å². The van der Waals surface area contributed by atoms with Crippen molar-refractivity contribution < 1.29 is 4.74 Å². The highest BCUT2D eigenvalue weighted by Crippen LogP contribution is 2.19. The lowest BCUT2D eigenvalue weighted by atomic mass is 10.1. The second kappa shape index (κ2) is 9.55. The molecule has 3 aromatic rings. The van der Waals surface area contributed by atoms with Crippen LogP contribution in [-0.4, -0.2) is 41.4 Å². The highest BCUT2D eigenvalue weighted by atomic mass is 16.5. The molecule has 0 radical (unpaired) electrons. The molecule has 3 rings (SSSR count). The van der Waals surface area contributed by atoms with Gasteiger partial charge in [-0.2, -0.15) is 0 Å². The highest BCUT2D eigenvalue weighted by Gasteiger charge is 2.07. The van der Waals surface area contributed by atoms with Crippen LogP contribution in [0, 0.1) is 6.92 Å². The van der Waals surface area contributed by atoms with Crippen molar-refractivity contribution in [2.75, 3.05) is 20.7 Å². The van der Waals surface area contributed by atoms with Crippen LogP contribution >= 0.6 is 0 Å². The number of rotatable bonds is 7. The molecule has 0 aliphatic heterocycles. The number of methoxy groups -OCH3 is 1. The Morgan fingerprint density at radius 2 is 1.96 bits per heavy atom. The normalized spacial score (nSPS) is 11.3. The quantitative estimate of drug-likeness (QED) is 0.488. The van der Waals surface area contributed by atoms with E-state index in [2.05, 4.69) is 44.0 Å². The fourth-order valence-corrected chi connectivity index (χ4v) is 2.91. The van der Waals surface area contributed by atoms with Crippen LogP contribution in [0.25, 0.3) is 5.69 Å². The van der Waals surface area contributed by atoms with Gasteiger partial charge in [-0.05, 0) is 42.7 Å². The van der Waals surface area contributed by atoms with E-state index in [1.165, 1.54) is 5.56 Å². The van der Waals surface area contributed by atoms with Gasteiger partial charge in [-0.1, -0.05) is 30.3 Å². The van der Waals surface area contributed by atoms with Gasteiger partial charge >= 0.3 is 0 Å². The molecule has 0 spiro atoms. The van der Waals surface area contributed by atoms with E-state index < -0.39 is 0 Å². The number of hydrogen-bond donors (Lipinski definition) is 2. The maximum Gasteiger partial charge on any atom is 0.191 e. The van der Waals surface area contributed by atoms with Crippen molar-refractivity contribution in [1.82, 2.24) is 25.4 Å². The van der Waals surface area contributed by atoms with Crippen LogP contribution in [0.2, 0.25) is 0 Å². The molecule has 0 fully saturated rings. The molecular weight excluding hydrogens is 352 g/mol. The van der Waals surface area contributed by atoms with Crippen LogP contribution in [0.4, 0.5) is 0 Å². The Bertz CT molecular complexity index is 920. The third-order valence-electron chi connectivity index (χ3n) is 4.47. The molecule has 7 heteroatoms. The van der Waals surface area contributed by atoms with E-state index in [9.17, 15) is 0 Å². The van der Waals surface area contributed by atoms with E-state index in [4.69, 9.17) is 4.74 Å². The molecule has 0 unspecified atom stereocenters. The van der Waals surface area contributed by atoms with Crippen molar-refractivity contribution in [3.8, 4) is 11.4 Å². The minimum absolute atomic E-state index is 0.521. The summed E-state index contributed by atoms with van der Waals surface area (Å²) in [4.78, 5) is 4.28. The van der Waals surface area contributed by atoms with Gasteiger partial charge < -0.3 is 15.4 Å². The number of aromatic nitrogens is 3. The summed E-state index contributed by atoms with van der Waals surface area (Å²) < 4.78 is 7.35. The first-order chi connectivity index (χ1) is 13.7. The zero-order valence-electron chi connectivity index (χ0n) is 16.5. The van der Waals surface area contributed by atoms with Crippen molar-refractivity contribution in [2.24, 2.45) is 4.99 Å². The van der Waals surface area contributed by atoms with Gasteiger partial charge in [-0.15, -0.1) is 10.2 Å². The largest absolute Gasteiger partial charge is 0.496 e. The van der Waals surface area contributed by atoms with Crippen molar-refractivity contribution in [3.63, 3.8) is 0 Å². The summed E-state index contributed by atoms with van der Waals surface area (Å²) >= 11 is 0. The van der Waals surface area contributed by atoms with Crippen molar-refractivity contribution in [1.29, 1.82) is 0 Å².